The van der Waals surface area contributed by atoms with E-state index in [1.807, 2.05) is 102 Å². The van der Waals surface area contributed by atoms with E-state index in [9.17, 15) is 0 Å². The quantitative estimate of drug-likeness (QED) is 0.150. The number of nitrogens with zero attached hydrogens (tertiary/aromatic N) is 6. The van der Waals surface area contributed by atoms with Crippen LogP contribution in [0.5, 0.6) is 23.0 Å². The van der Waals surface area contributed by atoms with E-state index in [0.717, 1.165) is 33.3 Å². The average Bonchev–Trinajstić information content (AvgIpc) is 3.42. The van der Waals surface area contributed by atoms with Gasteiger partial charge in [0.1, 0.15) is 12.7 Å². The first kappa shape index (κ1) is 31.9. The molecule has 0 aliphatic rings. The summed E-state index contributed by atoms with van der Waals surface area (Å²) in [5, 5.41) is 1.85. The third kappa shape index (κ3) is 6.62. The van der Waals surface area contributed by atoms with Crippen LogP contribution in [0.25, 0.3) is 50.3 Å². The minimum atomic E-state index is 0. The topological polar surface area (TPSA) is 87.8 Å². The summed E-state index contributed by atoms with van der Waals surface area (Å²) in [6.07, 6.45) is 6.42. The Labute approximate surface area is 299 Å². The number of fused-ring (bicyclic) bond motifs is 3. The summed E-state index contributed by atoms with van der Waals surface area (Å²) in [5.74, 6) is 2.52. The van der Waals surface area contributed by atoms with Crippen LogP contribution in [-0.2, 0) is 42.1 Å². The number of aromatic nitrogens is 6. The summed E-state index contributed by atoms with van der Waals surface area (Å²) < 4.78 is 14.3. The van der Waals surface area contributed by atoms with Gasteiger partial charge in [-0.25, -0.2) is 15.0 Å². The van der Waals surface area contributed by atoms with Gasteiger partial charge < -0.3 is 24.0 Å². The summed E-state index contributed by atoms with van der Waals surface area (Å²) in [7, 11) is 0. The Balaban J connectivity index is 0.00000193. The van der Waals surface area contributed by atoms with Crippen LogP contribution >= 0.6 is 0 Å². The predicted octanol–water partition coefficient (Wildman–Crippen LogP) is 7.87. The minimum absolute atomic E-state index is 0. The zero-order valence-electron chi connectivity index (χ0n) is 24.2. The number of rotatable bonds is 7. The summed E-state index contributed by atoms with van der Waals surface area (Å²) in [4.78, 5) is 21.7. The fourth-order valence-electron chi connectivity index (χ4n) is 5.09. The van der Waals surface area contributed by atoms with Crippen molar-refractivity contribution in [3.63, 3.8) is 0 Å². The van der Waals surface area contributed by atoms with Gasteiger partial charge in [-0.1, -0.05) is 47.4 Å². The molecule has 230 valence electrons. The van der Waals surface area contributed by atoms with Crippen molar-refractivity contribution in [2.75, 3.05) is 0 Å². The van der Waals surface area contributed by atoms with Crippen LogP contribution in [0.1, 0.15) is 0 Å². The monoisotopic (exact) mass is 970 g/mol. The van der Waals surface area contributed by atoms with E-state index in [0.29, 0.717) is 40.0 Å². The normalized spacial score (nSPS) is 10.6. The molecule has 0 aliphatic carbocycles. The second-order valence-corrected chi connectivity index (χ2v) is 9.93. The zero-order valence-corrected chi connectivity index (χ0v) is 28.7. The average molecular weight is 971 g/mol. The van der Waals surface area contributed by atoms with E-state index >= 15 is 0 Å². The van der Waals surface area contributed by atoms with Crippen molar-refractivity contribution in [3.05, 3.63) is 146 Å². The van der Waals surface area contributed by atoms with E-state index in [4.69, 9.17) is 9.47 Å². The van der Waals surface area contributed by atoms with Crippen LogP contribution in [0.15, 0.2) is 122 Å². The Morgan fingerprint density at radius 1 is 0.468 bits per heavy atom. The van der Waals surface area contributed by atoms with E-state index in [2.05, 4.69) is 49.2 Å². The Kier molecular flexibility index (Phi) is 9.62. The maximum Gasteiger partial charge on any atom is 2.00 e. The minimum Gasteiger partial charge on any atom is -0.503 e. The summed E-state index contributed by atoms with van der Waals surface area (Å²) >= 11 is 0. The van der Waals surface area contributed by atoms with Gasteiger partial charge in [0.25, 0.3) is 0 Å². The van der Waals surface area contributed by atoms with Crippen molar-refractivity contribution in [2.24, 2.45) is 0 Å². The maximum atomic E-state index is 6.24. The van der Waals surface area contributed by atoms with Gasteiger partial charge in [-0.15, -0.1) is 71.8 Å². The predicted molar refractivity (Wildman–Crippen MR) is 169 cm³/mol. The molecule has 0 amide bonds. The molecule has 4 heterocycles. The Morgan fingerprint density at radius 2 is 0.957 bits per heavy atom. The van der Waals surface area contributed by atoms with Gasteiger partial charge in [0.2, 0.25) is 5.95 Å². The SMILES string of the molecule is [Pt+2].[Pt+2].[c-]1c(Oc2[c-]c3c(cc2)c2ccc(Oc4[c-]c(-c5ccccn5)ccc4)[c-]c2n3-c2ncncn2)cccc1-c1ccccn1. The molecule has 0 N–H and O–H groups in total. The molecular formula is C37H20N6O2Pt2. The molecule has 0 aliphatic heterocycles. The van der Waals surface area contributed by atoms with E-state index in [1.165, 1.54) is 12.7 Å². The van der Waals surface area contributed by atoms with Crippen molar-refractivity contribution in [3.8, 4) is 51.5 Å². The van der Waals surface area contributed by atoms with Gasteiger partial charge in [0.15, 0.2) is 0 Å². The van der Waals surface area contributed by atoms with Crippen LogP contribution in [0.3, 0.4) is 0 Å². The molecule has 0 saturated carbocycles. The molecule has 0 unspecified atom stereocenters. The van der Waals surface area contributed by atoms with E-state index in [1.54, 1.807) is 12.4 Å². The summed E-state index contributed by atoms with van der Waals surface area (Å²) in [6.45, 7) is 0. The van der Waals surface area contributed by atoms with E-state index in [-0.39, 0.29) is 42.1 Å². The third-order valence-corrected chi connectivity index (χ3v) is 7.07. The first-order valence-electron chi connectivity index (χ1n) is 14.1. The molecule has 8 aromatic rings. The van der Waals surface area contributed by atoms with Gasteiger partial charge in [0, 0.05) is 35.4 Å². The first-order chi connectivity index (χ1) is 22.3. The molecule has 0 saturated heterocycles. The molecule has 4 aromatic carbocycles. The van der Waals surface area contributed by atoms with E-state index < -0.39 is 0 Å². The Morgan fingerprint density at radius 3 is 1.43 bits per heavy atom. The molecule has 10 heteroatoms. The summed E-state index contributed by atoms with van der Waals surface area (Å²) in [5.41, 5.74) is 4.72. The molecule has 0 fully saturated rings. The molecule has 4 aromatic heterocycles. The van der Waals surface area contributed by atoms with Gasteiger partial charge in [-0.3, -0.25) is 0 Å². The number of pyridine rings is 2. The molecular weight excluding hydrogens is 951 g/mol. The van der Waals surface area contributed by atoms with Crippen molar-refractivity contribution in [2.45, 2.75) is 0 Å². The van der Waals surface area contributed by atoms with Gasteiger partial charge in [-0.05, 0) is 23.5 Å². The van der Waals surface area contributed by atoms with Crippen molar-refractivity contribution in [1.82, 2.24) is 29.5 Å². The molecule has 0 radical (unpaired) electrons. The van der Waals surface area contributed by atoms with Crippen LogP contribution < -0.4 is 9.47 Å². The van der Waals surface area contributed by atoms with Crippen LogP contribution in [0.2, 0.25) is 0 Å². The summed E-state index contributed by atoms with van der Waals surface area (Å²) in [6, 6.07) is 44.1. The number of ether oxygens (including phenoxy) is 2. The second kappa shape index (κ2) is 14.2. The Hall–Kier alpha value is -5.03. The number of hydrogen-bond donors (Lipinski definition) is 0. The van der Waals surface area contributed by atoms with Crippen molar-refractivity contribution < 1.29 is 51.6 Å². The molecule has 8 nitrogen and oxygen atoms in total. The molecule has 8 rings (SSSR count). The Bertz CT molecular complexity index is 2140. The fourth-order valence-corrected chi connectivity index (χ4v) is 5.09. The second-order valence-electron chi connectivity index (χ2n) is 9.93. The standard InChI is InChI=1S/C37H20N6O2.2Pt/c1-3-17-39-33(11-1)25-7-5-9-27(19-25)44-29-13-15-31-32-16-14-30(22-36(32)43(35(31)21-29)37-41-23-38-24-42-37)45-28-10-6-8-26(20-28)34-12-2-4-18-40-34;;/h1-18,23-24H;;/q-4;2*+2. The third-order valence-electron chi connectivity index (χ3n) is 7.07. The van der Waals surface area contributed by atoms with Gasteiger partial charge in [0.05, 0.1) is 0 Å². The van der Waals surface area contributed by atoms with Crippen molar-refractivity contribution >= 4 is 21.8 Å². The van der Waals surface area contributed by atoms with Crippen molar-refractivity contribution in [1.29, 1.82) is 0 Å². The maximum absolute atomic E-state index is 6.24. The zero-order chi connectivity index (χ0) is 30.0. The molecule has 0 atom stereocenters. The number of hydrogen-bond acceptors (Lipinski definition) is 7. The molecule has 47 heavy (non-hydrogen) atoms. The van der Waals surface area contributed by atoms with Gasteiger partial charge in [-0.2, -0.15) is 22.9 Å². The molecule has 0 spiro atoms. The smallest absolute Gasteiger partial charge is 0.503 e. The van der Waals surface area contributed by atoms with Crippen LogP contribution in [-0.4, -0.2) is 29.5 Å². The molecule has 0 bridgehead atoms. The number of benzene rings is 4. The first-order valence-corrected chi connectivity index (χ1v) is 14.1. The fraction of sp³-hybridized carbons (Fsp3) is 0. The largest absolute Gasteiger partial charge is 2.00 e. The van der Waals surface area contributed by atoms with Crippen LogP contribution in [0.4, 0.5) is 0 Å². The van der Waals surface area contributed by atoms with Gasteiger partial charge >= 0.3 is 42.1 Å². The van der Waals surface area contributed by atoms with Crippen LogP contribution in [0, 0.1) is 24.3 Å².